The molecule has 4 heteroatoms. The second-order valence-electron chi connectivity index (χ2n) is 1.87. The zero-order valence-corrected chi connectivity index (χ0v) is 8.90. The zero-order valence-electron chi connectivity index (χ0n) is 5.16. The van der Waals surface area contributed by atoms with Gasteiger partial charge in [0.05, 0.1) is 0 Å². The van der Waals surface area contributed by atoms with Crippen molar-refractivity contribution < 1.29 is 4.39 Å². The highest BCUT2D eigenvalue weighted by Crippen LogP contribution is 2.17. The number of pyridine rings is 1. The van der Waals surface area contributed by atoms with Crippen LogP contribution in [0.1, 0.15) is 5.56 Å². The van der Waals surface area contributed by atoms with E-state index < -0.39 is 0 Å². The van der Waals surface area contributed by atoms with E-state index in [9.17, 15) is 4.39 Å². The van der Waals surface area contributed by atoms with Crippen LogP contribution in [0.3, 0.4) is 0 Å². The smallest absolute Gasteiger partial charge is 0.155 e. The average molecular weight is 316 g/mol. The van der Waals surface area contributed by atoms with Gasteiger partial charge in [0.1, 0.15) is 8.30 Å². The quantitative estimate of drug-likeness (QED) is 0.530. The fourth-order valence-corrected chi connectivity index (χ4v) is 1.56. The van der Waals surface area contributed by atoms with Crippen LogP contribution in [0, 0.1) is 16.4 Å². The monoisotopic (exact) mass is 315 g/mol. The van der Waals surface area contributed by atoms with E-state index in [2.05, 4.69) is 20.9 Å². The molecular weight excluding hydrogens is 312 g/mol. The second-order valence-corrected chi connectivity index (χ2v) is 3.64. The first-order chi connectivity index (χ1) is 4.61. The van der Waals surface area contributed by atoms with Gasteiger partial charge >= 0.3 is 0 Å². The summed E-state index contributed by atoms with van der Waals surface area (Å²) < 4.78 is 13.8. The first kappa shape index (κ1) is 8.39. The SMILES string of the molecule is Cc1cc(F)c(I)nc1Br. The van der Waals surface area contributed by atoms with Crippen molar-refractivity contribution in [1.29, 1.82) is 0 Å². The molecule has 0 unspecified atom stereocenters. The van der Waals surface area contributed by atoms with Gasteiger partial charge in [-0.2, -0.15) is 0 Å². The number of hydrogen-bond donors (Lipinski definition) is 0. The maximum Gasteiger partial charge on any atom is 0.155 e. The van der Waals surface area contributed by atoms with E-state index in [1.54, 1.807) is 6.92 Å². The molecule has 10 heavy (non-hydrogen) atoms. The van der Waals surface area contributed by atoms with Crippen LogP contribution in [-0.4, -0.2) is 4.98 Å². The van der Waals surface area contributed by atoms with Gasteiger partial charge in [0.15, 0.2) is 5.82 Å². The van der Waals surface area contributed by atoms with E-state index in [-0.39, 0.29) is 5.82 Å². The van der Waals surface area contributed by atoms with Crippen LogP contribution >= 0.6 is 38.5 Å². The number of halogens is 3. The predicted octanol–water partition coefficient (Wildman–Crippen LogP) is 2.90. The molecule has 0 aromatic carbocycles. The van der Waals surface area contributed by atoms with E-state index in [4.69, 9.17) is 0 Å². The Hall–Kier alpha value is 0.290. The van der Waals surface area contributed by atoms with Crippen LogP contribution in [0.5, 0.6) is 0 Å². The van der Waals surface area contributed by atoms with Crippen molar-refractivity contribution in [2.75, 3.05) is 0 Å². The number of aromatic nitrogens is 1. The summed E-state index contributed by atoms with van der Waals surface area (Å²) in [6, 6.07) is 1.46. The van der Waals surface area contributed by atoms with E-state index >= 15 is 0 Å². The molecule has 0 atom stereocenters. The van der Waals surface area contributed by atoms with Gasteiger partial charge in [-0.15, -0.1) is 0 Å². The molecule has 0 spiro atoms. The Kier molecular flexibility index (Phi) is 2.62. The molecular formula is C6H4BrFIN. The molecule has 1 aromatic rings. The Morgan fingerprint density at radius 1 is 1.70 bits per heavy atom. The lowest BCUT2D eigenvalue weighted by molar-refractivity contribution is 0.609. The predicted molar refractivity (Wildman–Crippen MR) is 49.3 cm³/mol. The molecule has 0 N–H and O–H groups in total. The topological polar surface area (TPSA) is 12.9 Å². The van der Waals surface area contributed by atoms with Gasteiger partial charge in [0.2, 0.25) is 0 Å². The molecule has 1 rings (SSSR count). The number of rotatable bonds is 0. The highest BCUT2D eigenvalue weighted by Gasteiger charge is 2.02. The molecule has 0 saturated carbocycles. The Labute approximate surface area is 80.3 Å². The number of nitrogens with zero attached hydrogens (tertiary/aromatic N) is 1. The lowest BCUT2D eigenvalue weighted by Gasteiger charge is -1.97. The van der Waals surface area contributed by atoms with Crippen molar-refractivity contribution in [1.82, 2.24) is 4.98 Å². The maximum atomic E-state index is 12.7. The van der Waals surface area contributed by atoms with Crippen molar-refractivity contribution >= 4 is 38.5 Å². The fourth-order valence-electron chi connectivity index (χ4n) is 0.537. The van der Waals surface area contributed by atoms with Crippen LogP contribution in [0.2, 0.25) is 0 Å². The van der Waals surface area contributed by atoms with E-state index in [0.29, 0.717) is 8.30 Å². The van der Waals surface area contributed by atoms with Crippen molar-refractivity contribution in [2.24, 2.45) is 0 Å². The standard InChI is InChI=1S/C6H4BrFIN/c1-3-2-4(8)6(9)10-5(3)7/h2H,1H3. The Morgan fingerprint density at radius 2 is 2.30 bits per heavy atom. The third-order valence-electron chi connectivity index (χ3n) is 1.06. The third kappa shape index (κ3) is 1.66. The summed E-state index contributed by atoms with van der Waals surface area (Å²) in [5.74, 6) is -0.263. The summed E-state index contributed by atoms with van der Waals surface area (Å²) in [4.78, 5) is 3.90. The summed E-state index contributed by atoms with van der Waals surface area (Å²) in [6.07, 6.45) is 0. The first-order valence-corrected chi connectivity index (χ1v) is 4.46. The first-order valence-electron chi connectivity index (χ1n) is 2.59. The highest BCUT2D eigenvalue weighted by atomic mass is 127. The summed E-state index contributed by atoms with van der Waals surface area (Å²) in [5.41, 5.74) is 0.818. The van der Waals surface area contributed by atoms with Gasteiger partial charge in [0, 0.05) is 0 Å². The van der Waals surface area contributed by atoms with Crippen LogP contribution < -0.4 is 0 Å². The summed E-state index contributed by atoms with van der Waals surface area (Å²) in [7, 11) is 0. The van der Waals surface area contributed by atoms with Crippen molar-refractivity contribution in [3.8, 4) is 0 Å². The van der Waals surface area contributed by atoms with Gasteiger partial charge in [-0.05, 0) is 57.1 Å². The molecule has 0 fully saturated rings. The molecule has 0 bridgehead atoms. The van der Waals surface area contributed by atoms with E-state index in [1.165, 1.54) is 6.07 Å². The van der Waals surface area contributed by atoms with Gasteiger partial charge in [-0.3, -0.25) is 0 Å². The van der Waals surface area contributed by atoms with Crippen LogP contribution in [0.4, 0.5) is 4.39 Å². The molecule has 54 valence electrons. The summed E-state index contributed by atoms with van der Waals surface area (Å²) >= 11 is 5.05. The number of aryl methyl sites for hydroxylation is 1. The molecule has 1 heterocycles. The lowest BCUT2D eigenvalue weighted by atomic mass is 10.3. The number of hydrogen-bond acceptors (Lipinski definition) is 1. The van der Waals surface area contributed by atoms with Crippen LogP contribution in [0.25, 0.3) is 0 Å². The van der Waals surface area contributed by atoms with Crippen LogP contribution in [0.15, 0.2) is 10.7 Å². The summed E-state index contributed by atoms with van der Waals surface area (Å²) in [5, 5.41) is 0. The van der Waals surface area contributed by atoms with Crippen LogP contribution in [-0.2, 0) is 0 Å². The van der Waals surface area contributed by atoms with Crippen molar-refractivity contribution in [2.45, 2.75) is 6.92 Å². The zero-order chi connectivity index (χ0) is 7.72. The Morgan fingerprint density at radius 3 is 2.80 bits per heavy atom. The molecule has 0 saturated heterocycles. The lowest BCUT2D eigenvalue weighted by Crippen LogP contribution is -1.90. The normalized spacial score (nSPS) is 10.0. The molecule has 0 aliphatic carbocycles. The van der Waals surface area contributed by atoms with Gasteiger partial charge in [-0.25, -0.2) is 9.37 Å². The van der Waals surface area contributed by atoms with Crippen molar-refractivity contribution in [3.63, 3.8) is 0 Å². The fraction of sp³-hybridized carbons (Fsp3) is 0.167. The second kappa shape index (κ2) is 3.13. The molecule has 0 radical (unpaired) electrons. The van der Waals surface area contributed by atoms with E-state index in [1.807, 2.05) is 22.6 Å². The Bertz CT molecular complexity index is 214. The highest BCUT2D eigenvalue weighted by molar-refractivity contribution is 14.1. The van der Waals surface area contributed by atoms with Crippen molar-refractivity contribution in [3.05, 3.63) is 25.8 Å². The minimum absolute atomic E-state index is 0.263. The molecule has 0 aliphatic heterocycles. The van der Waals surface area contributed by atoms with Gasteiger partial charge in [-0.1, -0.05) is 0 Å². The molecule has 1 nitrogen and oxygen atoms in total. The molecule has 0 aliphatic rings. The molecule has 0 amide bonds. The largest absolute Gasteiger partial charge is 0.232 e. The Balaban J connectivity index is 3.28. The molecule has 1 aromatic heterocycles. The summed E-state index contributed by atoms with van der Waals surface area (Å²) in [6.45, 7) is 1.80. The van der Waals surface area contributed by atoms with E-state index in [0.717, 1.165) is 5.56 Å². The average Bonchev–Trinajstić information content (AvgIpc) is 1.84. The van der Waals surface area contributed by atoms with Gasteiger partial charge in [0.25, 0.3) is 0 Å². The van der Waals surface area contributed by atoms with Gasteiger partial charge < -0.3 is 0 Å². The third-order valence-corrected chi connectivity index (χ3v) is 2.62. The maximum absolute atomic E-state index is 12.7. The minimum Gasteiger partial charge on any atom is -0.232 e. The minimum atomic E-state index is -0.263.